The van der Waals surface area contributed by atoms with E-state index in [1.54, 1.807) is 7.11 Å². The van der Waals surface area contributed by atoms with E-state index in [2.05, 4.69) is 48.5 Å². The van der Waals surface area contributed by atoms with Crippen molar-refractivity contribution in [3.8, 4) is 0 Å². The minimum Gasteiger partial charge on any atom is -0.469 e. The van der Waals surface area contributed by atoms with Gasteiger partial charge in [0.1, 0.15) is 0 Å². The first-order chi connectivity index (χ1) is 17.2. The molecule has 1 spiro atoms. The molecule has 210 valence electrons. The van der Waals surface area contributed by atoms with Gasteiger partial charge in [0.25, 0.3) is 0 Å². The SMILES string of the molecule is COC(=O)[C@]1(C)CC[C@]2(C)CC[C@]3(C)[C@H]4CC[C@@]5(C)[C@@H](CCC6(OCCO6)[C@@H]5C)[C@]4(C)CC[C@@]3(C)[C@@H]2C1. The van der Waals surface area contributed by atoms with Gasteiger partial charge in [0.05, 0.1) is 25.7 Å². The summed E-state index contributed by atoms with van der Waals surface area (Å²) in [7, 11) is 1.58. The van der Waals surface area contributed by atoms with Gasteiger partial charge in [-0.2, -0.15) is 0 Å². The summed E-state index contributed by atoms with van der Waals surface area (Å²) in [6, 6.07) is 0. The molecule has 1 aliphatic heterocycles. The van der Waals surface area contributed by atoms with Crippen molar-refractivity contribution in [1.82, 2.24) is 0 Å². The number of ether oxygens (including phenoxy) is 3. The van der Waals surface area contributed by atoms with Crippen LogP contribution in [0.5, 0.6) is 0 Å². The summed E-state index contributed by atoms with van der Waals surface area (Å²) in [5, 5.41) is 0. The molecule has 0 radical (unpaired) electrons. The van der Waals surface area contributed by atoms with E-state index in [9.17, 15) is 4.79 Å². The van der Waals surface area contributed by atoms with Crippen molar-refractivity contribution in [2.24, 2.45) is 56.2 Å². The molecule has 0 aromatic rings. The first kappa shape index (κ1) is 26.6. The molecular formula is C33H54O4. The van der Waals surface area contributed by atoms with Crippen molar-refractivity contribution in [2.45, 2.75) is 125 Å². The minimum atomic E-state index is -0.339. The summed E-state index contributed by atoms with van der Waals surface area (Å²) in [6.45, 7) is 19.3. The zero-order valence-electron chi connectivity index (χ0n) is 25.1. The Bertz CT molecular complexity index is 956. The summed E-state index contributed by atoms with van der Waals surface area (Å²) >= 11 is 0. The molecule has 5 saturated carbocycles. The van der Waals surface area contributed by atoms with Crippen LogP contribution in [-0.4, -0.2) is 32.1 Å². The molecule has 1 saturated heterocycles. The van der Waals surface area contributed by atoms with E-state index in [0.717, 1.165) is 50.7 Å². The average molecular weight is 515 g/mol. The topological polar surface area (TPSA) is 44.8 Å². The smallest absolute Gasteiger partial charge is 0.311 e. The molecule has 1 heterocycles. The monoisotopic (exact) mass is 514 g/mol. The predicted octanol–water partition coefficient (Wildman–Crippen LogP) is 7.78. The third-order valence-corrected chi connectivity index (χ3v) is 15.2. The average Bonchev–Trinajstić information content (AvgIpc) is 3.34. The first-order valence-corrected chi connectivity index (χ1v) is 15.6. The molecule has 0 bridgehead atoms. The molecule has 6 aliphatic rings. The van der Waals surface area contributed by atoms with Gasteiger partial charge >= 0.3 is 5.97 Å². The molecule has 5 aliphatic carbocycles. The van der Waals surface area contributed by atoms with E-state index < -0.39 is 0 Å². The van der Waals surface area contributed by atoms with Gasteiger partial charge in [-0.15, -0.1) is 0 Å². The zero-order valence-corrected chi connectivity index (χ0v) is 25.1. The zero-order chi connectivity index (χ0) is 26.7. The van der Waals surface area contributed by atoms with Crippen LogP contribution in [0.1, 0.15) is 119 Å². The Morgan fingerprint density at radius 1 is 0.703 bits per heavy atom. The van der Waals surface area contributed by atoms with Gasteiger partial charge in [0.2, 0.25) is 0 Å². The highest BCUT2D eigenvalue weighted by Gasteiger charge is 2.72. The molecule has 4 nitrogen and oxygen atoms in total. The van der Waals surface area contributed by atoms with Crippen molar-refractivity contribution >= 4 is 5.97 Å². The lowest BCUT2D eigenvalue weighted by Crippen LogP contribution is -2.69. The van der Waals surface area contributed by atoms with Crippen LogP contribution >= 0.6 is 0 Å². The summed E-state index contributed by atoms with van der Waals surface area (Å²) in [5.41, 5.74) is 1.24. The molecule has 0 aromatic carbocycles. The summed E-state index contributed by atoms with van der Waals surface area (Å²) < 4.78 is 18.1. The molecule has 0 N–H and O–H groups in total. The van der Waals surface area contributed by atoms with Crippen LogP contribution in [0, 0.1) is 56.2 Å². The van der Waals surface area contributed by atoms with Gasteiger partial charge in [-0.1, -0.05) is 41.5 Å². The molecule has 0 aromatic heterocycles. The van der Waals surface area contributed by atoms with Crippen molar-refractivity contribution in [2.75, 3.05) is 20.3 Å². The Labute approximate surface area is 226 Å². The quantitative estimate of drug-likeness (QED) is 0.335. The van der Waals surface area contributed by atoms with Crippen LogP contribution in [0.3, 0.4) is 0 Å². The van der Waals surface area contributed by atoms with E-state index in [1.807, 2.05) is 0 Å². The molecule has 6 rings (SSSR count). The van der Waals surface area contributed by atoms with Crippen LogP contribution < -0.4 is 0 Å². The molecule has 4 heteroatoms. The second kappa shape index (κ2) is 7.99. The van der Waals surface area contributed by atoms with Crippen LogP contribution in [0.15, 0.2) is 0 Å². The fourth-order valence-corrected chi connectivity index (χ4v) is 12.5. The predicted molar refractivity (Wildman–Crippen MR) is 146 cm³/mol. The summed E-state index contributed by atoms with van der Waals surface area (Å²) in [6.07, 6.45) is 13.3. The van der Waals surface area contributed by atoms with E-state index in [1.165, 1.54) is 44.9 Å². The van der Waals surface area contributed by atoms with Gasteiger partial charge in [-0.3, -0.25) is 4.79 Å². The molecule has 0 unspecified atom stereocenters. The molecule has 0 amide bonds. The number of carbonyl (C=O) groups is 1. The number of hydrogen-bond donors (Lipinski definition) is 0. The fourth-order valence-electron chi connectivity index (χ4n) is 12.5. The van der Waals surface area contributed by atoms with E-state index in [4.69, 9.17) is 14.2 Å². The van der Waals surface area contributed by atoms with E-state index in [-0.39, 0.29) is 28.0 Å². The third kappa shape index (κ3) is 3.18. The molecule has 10 atom stereocenters. The Morgan fingerprint density at radius 2 is 1.30 bits per heavy atom. The van der Waals surface area contributed by atoms with Crippen LogP contribution in [0.25, 0.3) is 0 Å². The number of esters is 1. The number of rotatable bonds is 1. The van der Waals surface area contributed by atoms with E-state index in [0.29, 0.717) is 28.1 Å². The van der Waals surface area contributed by atoms with Crippen LogP contribution in [0.4, 0.5) is 0 Å². The summed E-state index contributed by atoms with van der Waals surface area (Å²) in [5.74, 6) is 2.18. The van der Waals surface area contributed by atoms with Crippen molar-refractivity contribution in [3.05, 3.63) is 0 Å². The standard InChI is InChI=1S/C33H54O4/c1-22-29(4)11-9-24-30(5,23(29)10-12-33(22)36-19-20-37-33)16-18-32(7)25-21-28(3,26(34)35-8)14-13-27(25,2)15-17-31(24,32)6/h22-25H,9-21H2,1-8H3/t22-,23-,24+,25-,27-,28-,29-,30+,31-,32+/m1/s1. The lowest BCUT2D eigenvalue weighted by atomic mass is 9.30. The highest BCUT2D eigenvalue weighted by atomic mass is 16.7. The summed E-state index contributed by atoms with van der Waals surface area (Å²) in [4.78, 5) is 13.0. The van der Waals surface area contributed by atoms with Gasteiger partial charge in [-0.05, 0) is 116 Å². The third-order valence-electron chi connectivity index (χ3n) is 15.2. The highest BCUT2D eigenvalue weighted by Crippen LogP contribution is 2.79. The van der Waals surface area contributed by atoms with Gasteiger partial charge in [0, 0.05) is 12.3 Å². The maximum atomic E-state index is 13.0. The Hall–Kier alpha value is -0.610. The lowest BCUT2D eigenvalue weighted by Gasteiger charge is -2.75. The van der Waals surface area contributed by atoms with Crippen molar-refractivity contribution < 1.29 is 19.0 Å². The normalized spacial score (nSPS) is 56.5. The number of hydrogen-bond acceptors (Lipinski definition) is 4. The molecule has 37 heavy (non-hydrogen) atoms. The van der Waals surface area contributed by atoms with Crippen molar-refractivity contribution in [1.29, 1.82) is 0 Å². The first-order valence-electron chi connectivity index (χ1n) is 15.6. The van der Waals surface area contributed by atoms with Gasteiger partial charge in [-0.25, -0.2) is 0 Å². The number of fused-ring (bicyclic) bond motifs is 7. The lowest BCUT2D eigenvalue weighted by molar-refractivity contribution is -0.301. The van der Waals surface area contributed by atoms with Gasteiger partial charge in [0.15, 0.2) is 5.79 Å². The highest BCUT2D eigenvalue weighted by molar-refractivity contribution is 5.76. The van der Waals surface area contributed by atoms with Crippen molar-refractivity contribution in [3.63, 3.8) is 0 Å². The largest absolute Gasteiger partial charge is 0.469 e. The Kier molecular flexibility index (Phi) is 5.74. The van der Waals surface area contributed by atoms with Gasteiger partial charge < -0.3 is 14.2 Å². The Balaban J connectivity index is 1.35. The van der Waals surface area contributed by atoms with Crippen LogP contribution in [0.2, 0.25) is 0 Å². The Morgan fingerprint density at radius 3 is 1.97 bits per heavy atom. The van der Waals surface area contributed by atoms with Crippen LogP contribution in [-0.2, 0) is 19.0 Å². The second-order valence-electron chi connectivity index (χ2n) is 16.2. The minimum absolute atomic E-state index is 0.0148. The fraction of sp³-hybridized carbons (Fsp3) is 0.970. The second-order valence-corrected chi connectivity index (χ2v) is 16.2. The number of carbonyl (C=O) groups excluding carboxylic acids is 1. The molecule has 6 fully saturated rings. The number of methoxy groups -OCH3 is 1. The maximum Gasteiger partial charge on any atom is 0.311 e. The molecular weight excluding hydrogens is 460 g/mol. The maximum absolute atomic E-state index is 13.0. The van der Waals surface area contributed by atoms with E-state index >= 15 is 0 Å².